The van der Waals surface area contributed by atoms with Gasteiger partial charge in [0.2, 0.25) is 5.91 Å². The van der Waals surface area contributed by atoms with Crippen LogP contribution in [0.1, 0.15) is 6.92 Å². The summed E-state index contributed by atoms with van der Waals surface area (Å²) in [7, 11) is -8.07. The van der Waals surface area contributed by atoms with Crippen LogP contribution in [0.4, 0.5) is 21.5 Å². The molecule has 0 unspecified atom stereocenters. The lowest BCUT2D eigenvalue weighted by molar-refractivity contribution is -0.114. The molecule has 2 N–H and O–H groups in total. The predicted octanol–water partition coefficient (Wildman–Crippen LogP) is 4.86. The van der Waals surface area contributed by atoms with Crippen molar-refractivity contribution in [3.05, 3.63) is 109 Å². The van der Waals surface area contributed by atoms with Crippen molar-refractivity contribution in [3.63, 3.8) is 0 Å². The average Bonchev–Trinajstić information content (AvgIpc) is 2.94. The zero-order valence-electron chi connectivity index (χ0n) is 21.3. The number of carbonyl (C=O) groups is 1. The van der Waals surface area contributed by atoms with E-state index in [-0.39, 0.29) is 26.9 Å². The molecule has 9 nitrogen and oxygen atoms in total. The molecule has 40 heavy (non-hydrogen) atoms. The Balaban J connectivity index is 1.52. The number of amides is 1. The first-order chi connectivity index (χ1) is 19.1. The molecular weight excluding hydrogens is 557 g/mol. The number of carbonyl (C=O) groups excluding carboxylic acids is 1. The lowest BCUT2D eigenvalue weighted by Gasteiger charge is -2.24. The van der Waals surface area contributed by atoms with Crippen molar-refractivity contribution in [1.29, 1.82) is 0 Å². The van der Waals surface area contributed by atoms with Gasteiger partial charge >= 0.3 is 0 Å². The summed E-state index contributed by atoms with van der Waals surface area (Å²) in [6.07, 6.45) is 0. The van der Waals surface area contributed by atoms with Crippen molar-refractivity contribution in [3.8, 4) is 5.75 Å². The number of rotatable bonds is 11. The van der Waals surface area contributed by atoms with Gasteiger partial charge in [-0.2, -0.15) is 0 Å². The van der Waals surface area contributed by atoms with Gasteiger partial charge in [-0.1, -0.05) is 18.2 Å². The highest BCUT2D eigenvalue weighted by molar-refractivity contribution is 7.93. The van der Waals surface area contributed by atoms with Gasteiger partial charge in [0.1, 0.15) is 18.1 Å². The summed E-state index contributed by atoms with van der Waals surface area (Å²) < 4.78 is 74.1. The number of sulfonamides is 2. The van der Waals surface area contributed by atoms with Crippen LogP contribution in [0.2, 0.25) is 0 Å². The second-order valence-electron chi connectivity index (χ2n) is 8.44. The van der Waals surface area contributed by atoms with Crippen LogP contribution >= 0.6 is 0 Å². The SMILES string of the molecule is CCOc1ccc(N(CC(=O)Nc2ccc(S(=O)(=O)Nc3ccc(F)cc3)cc2)S(=O)(=O)c2ccccc2)cc1. The highest BCUT2D eigenvalue weighted by Crippen LogP contribution is 2.26. The third kappa shape index (κ3) is 6.96. The summed E-state index contributed by atoms with van der Waals surface area (Å²) in [5.41, 5.74) is 0.707. The first kappa shape index (κ1) is 28.6. The molecule has 4 rings (SSSR count). The van der Waals surface area contributed by atoms with Crippen LogP contribution in [-0.2, 0) is 24.8 Å². The quantitative estimate of drug-likeness (QED) is 0.260. The molecular formula is C28H26FN3O6S2. The predicted molar refractivity (Wildman–Crippen MR) is 151 cm³/mol. The Hall–Kier alpha value is -4.42. The molecule has 0 bridgehead atoms. The van der Waals surface area contributed by atoms with Gasteiger partial charge in [-0.25, -0.2) is 21.2 Å². The van der Waals surface area contributed by atoms with E-state index in [0.717, 1.165) is 16.4 Å². The molecule has 0 heterocycles. The van der Waals surface area contributed by atoms with Crippen molar-refractivity contribution in [2.24, 2.45) is 0 Å². The molecule has 12 heteroatoms. The molecule has 0 fully saturated rings. The summed E-state index contributed by atoms with van der Waals surface area (Å²) in [4.78, 5) is 12.9. The monoisotopic (exact) mass is 583 g/mol. The molecule has 4 aromatic rings. The maximum atomic E-state index is 13.5. The Morgan fingerprint density at radius 1 is 0.775 bits per heavy atom. The summed E-state index contributed by atoms with van der Waals surface area (Å²) in [5, 5.41) is 2.61. The number of benzene rings is 4. The van der Waals surface area contributed by atoms with E-state index in [2.05, 4.69) is 10.0 Å². The molecule has 0 aliphatic carbocycles. The van der Waals surface area contributed by atoms with Crippen LogP contribution in [0.25, 0.3) is 0 Å². The lowest BCUT2D eigenvalue weighted by atomic mass is 10.3. The van der Waals surface area contributed by atoms with Crippen molar-refractivity contribution in [2.45, 2.75) is 16.7 Å². The molecule has 0 atom stereocenters. The first-order valence-electron chi connectivity index (χ1n) is 12.1. The highest BCUT2D eigenvalue weighted by Gasteiger charge is 2.27. The fourth-order valence-electron chi connectivity index (χ4n) is 3.69. The van der Waals surface area contributed by atoms with Gasteiger partial charge in [0.05, 0.1) is 22.1 Å². The van der Waals surface area contributed by atoms with Crippen LogP contribution in [0.15, 0.2) is 113 Å². The van der Waals surface area contributed by atoms with Crippen LogP contribution in [0.3, 0.4) is 0 Å². The molecule has 0 radical (unpaired) electrons. The van der Waals surface area contributed by atoms with E-state index >= 15 is 0 Å². The number of hydrogen-bond donors (Lipinski definition) is 2. The number of anilines is 3. The Morgan fingerprint density at radius 2 is 1.38 bits per heavy atom. The Morgan fingerprint density at radius 3 is 1.98 bits per heavy atom. The number of ether oxygens (including phenoxy) is 1. The minimum atomic E-state index is -4.10. The van der Waals surface area contributed by atoms with Gasteiger partial charge in [-0.15, -0.1) is 0 Å². The minimum absolute atomic E-state index is 0.0138. The van der Waals surface area contributed by atoms with Crippen molar-refractivity contribution in [1.82, 2.24) is 0 Å². The average molecular weight is 584 g/mol. The minimum Gasteiger partial charge on any atom is -0.494 e. The molecule has 0 spiro atoms. The Kier molecular flexibility index (Phi) is 8.70. The molecule has 4 aromatic carbocycles. The van der Waals surface area contributed by atoms with E-state index < -0.39 is 38.3 Å². The number of nitrogens with one attached hydrogen (secondary N) is 2. The lowest BCUT2D eigenvalue weighted by Crippen LogP contribution is -2.38. The summed E-state index contributed by atoms with van der Waals surface area (Å²) >= 11 is 0. The zero-order valence-corrected chi connectivity index (χ0v) is 23.0. The molecule has 0 saturated heterocycles. The second-order valence-corrected chi connectivity index (χ2v) is 12.0. The van der Waals surface area contributed by atoms with Crippen LogP contribution in [-0.4, -0.2) is 35.9 Å². The van der Waals surface area contributed by atoms with Crippen LogP contribution in [0, 0.1) is 5.82 Å². The molecule has 0 aromatic heterocycles. The Labute approximate surface area is 232 Å². The third-order valence-electron chi connectivity index (χ3n) is 5.60. The molecule has 1 amide bonds. The van der Waals surface area contributed by atoms with Crippen molar-refractivity contribution >= 4 is 43.0 Å². The van der Waals surface area contributed by atoms with E-state index in [0.29, 0.717) is 12.4 Å². The smallest absolute Gasteiger partial charge is 0.264 e. The third-order valence-corrected chi connectivity index (χ3v) is 8.78. The van der Waals surface area contributed by atoms with Crippen molar-refractivity contribution < 1.29 is 30.8 Å². The summed E-state index contributed by atoms with van der Waals surface area (Å²) in [5.74, 6) is -0.592. The molecule has 0 saturated carbocycles. The van der Waals surface area contributed by atoms with E-state index in [9.17, 15) is 26.0 Å². The van der Waals surface area contributed by atoms with Gasteiger partial charge < -0.3 is 10.1 Å². The fraction of sp³-hybridized carbons (Fsp3) is 0.107. The molecule has 208 valence electrons. The zero-order chi connectivity index (χ0) is 28.8. The number of halogens is 1. The topological polar surface area (TPSA) is 122 Å². The highest BCUT2D eigenvalue weighted by atomic mass is 32.2. The standard InChI is InChI=1S/C28H26FN3O6S2/c1-2-38-25-16-14-24(15-17-25)32(40(36,37)27-6-4-3-5-7-27)20-28(33)30-22-12-18-26(19-13-22)39(34,35)31-23-10-8-21(29)9-11-23/h3-19,31H,2,20H2,1H3,(H,30,33). The second kappa shape index (κ2) is 12.2. The molecule has 0 aliphatic rings. The van der Waals surface area contributed by atoms with Gasteiger partial charge in [0.25, 0.3) is 20.0 Å². The van der Waals surface area contributed by atoms with E-state index in [4.69, 9.17) is 4.74 Å². The summed E-state index contributed by atoms with van der Waals surface area (Å²) in [6, 6.07) is 24.2. The van der Waals surface area contributed by atoms with Gasteiger partial charge in [0.15, 0.2) is 0 Å². The Bertz CT molecular complexity index is 1660. The van der Waals surface area contributed by atoms with Crippen LogP contribution in [0.5, 0.6) is 5.75 Å². The maximum absolute atomic E-state index is 13.5. The molecule has 0 aliphatic heterocycles. The first-order valence-corrected chi connectivity index (χ1v) is 15.0. The summed E-state index contributed by atoms with van der Waals surface area (Å²) in [6.45, 7) is 1.72. The van der Waals surface area contributed by atoms with Gasteiger partial charge in [0, 0.05) is 11.4 Å². The number of hydrogen-bond acceptors (Lipinski definition) is 6. The normalized spacial score (nSPS) is 11.4. The van der Waals surface area contributed by atoms with E-state index in [1.54, 1.807) is 42.5 Å². The van der Waals surface area contributed by atoms with Gasteiger partial charge in [-0.05, 0) is 91.9 Å². The van der Waals surface area contributed by atoms with E-state index in [1.165, 1.54) is 48.5 Å². The van der Waals surface area contributed by atoms with Gasteiger partial charge in [-0.3, -0.25) is 13.8 Å². The van der Waals surface area contributed by atoms with Crippen LogP contribution < -0.4 is 19.1 Å². The van der Waals surface area contributed by atoms with E-state index in [1.807, 2.05) is 6.92 Å². The maximum Gasteiger partial charge on any atom is 0.264 e. The largest absolute Gasteiger partial charge is 0.494 e. The fourth-order valence-corrected chi connectivity index (χ4v) is 6.19. The van der Waals surface area contributed by atoms with Crippen molar-refractivity contribution in [2.75, 3.05) is 27.5 Å². The number of nitrogens with zero attached hydrogens (tertiary/aromatic N) is 1.